The van der Waals surface area contributed by atoms with Crippen LogP contribution in [0.15, 0.2) is 46.9 Å². The van der Waals surface area contributed by atoms with Crippen LogP contribution in [0.1, 0.15) is 18.5 Å². The summed E-state index contributed by atoms with van der Waals surface area (Å²) in [6.45, 7) is 5.56. The lowest BCUT2D eigenvalue weighted by atomic mass is 10.1. The first kappa shape index (κ1) is 19.4. The molecule has 3 rings (SSSR count). The monoisotopic (exact) mass is 453 g/mol. The number of benzene rings is 2. The quantitative estimate of drug-likeness (QED) is 0.637. The smallest absolute Gasteiger partial charge is 0.171 e. The van der Waals surface area contributed by atoms with Crippen molar-refractivity contribution in [2.75, 3.05) is 36.5 Å². The van der Waals surface area contributed by atoms with Crippen molar-refractivity contribution in [1.29, 1.82) is 0 Å². The van der Waals surface area contributed by atoms with Crippen molar-refractivity contribution in [1.82, 2.24) is 5.32 Å². The summed E-state index contributed by atoms with van der Waals surface area (Å²) in [4.78, 5) is 2.34. The molecule has 0 saturated carbocycles. The lowest BCUT2D eigenvalue weighted by Gasteiger charge is -2.29. The molecule has 0 aliphatic carbocycles. The fraction of sp³-hybridized carbons (Fsp3) is 0.316. The Morgan fingerprint density at radius 2 is 1.88 bits per heavy atom. The molecule has 0 radical (unpaired) electrons. The second-order valence-electron chi connectivity index (χ2n) is 6.14. The lowest BCUT2D eigenvalue weighted by molar-refractivity contribution is 0.122. The van der Waals surface area contributed by atoms with Crippen molar-refractivity contribution in [3.63, 3.8) is 0 Å². The molecule has 0 amide bonds. The van der Waals surface area contributed by atoms with Gasteiger partial charge in [0.25, 0.3) is 0 Å². The lowest BCUT2D eigenvalue weighted by Crippen LogP contribution is -2.36. The molecule has 7 heteroatoms. The molecule has 0 unspecified atom stereocenters. The number of nitrogens with zero attached hydrogens (tertiary/aromatic N) is 1. The fourth-order valence-corrected chi connectivity index (χ4v) is 3.54. The van der Waals surface area contributed by atoms with Gasteiger partial charge in [0.1, 0.15) is 0 Å². The highest BCUT2D eigenvalue weighted by Gasteiger charge is 2.12. The van der Waals surface area contributed by atoms with E-state index in [0.717, 1.165) is 36.5 Å². The second-order valence-corrected chi connectivity index (χ2v) is 7.81. The zero-order chi connectivity index (χ0) is 18.5. The number of rotatable bonds is 4. The number of anilines is 2. The summed E-state index contributed by atoms with van der Waals surface area (Å²) in [6.07, 6.45) is 0. The molecular weight excluding hydrogens is 434 g/mol. The van der Waals surface area contributed by atoms with E-state index in [1.165, 1.54) is 11.3 Å². The van der Waals surface area contributed by atoms with Gasteiger partial charge in [-0.3, -0.25) is 0 Å². The Bertz CT molecular complexity index is 766. The standard InChI is InChI=1S/C19H21BrClN3OS/c1-13(22-19(26)23-15-4-7-17(20)18(21)12-15)14-2-5-16(6-3-14)24-8-10-25-11-9-24/h2-7,12-13H,8-11H2,1H3,(H2,22,23,26)/t13-/m1/s1. The molecule has 1 fully saturated rings. The van der Waals surface area contributed by atoms with Gasteiger partial charge in [-0.25, -0.2) is 0 Å². The maximum Gasteiger partial charge on any atom is 0.171 e. The summed E-state index contributed by atoms with van der Waals surface area (Å²) in [5.74, 6) is 0. The molecule has 2 aromatic carbocycles. The molecule has 1 aliphatic rings. The molecule has 1 heterocycles. The molecule has 1 saturated heterocycles. The van der Waals surface area contributed by atoms with Crippen LogP contribution in [0.3, 0.4) is 0 Å². The van der Waals surface area contributed by atoms with E-state index in [4.69, 9.17) is 28.6 Å². The van der Waals surface area contributed by atoms with Crippen LogP contribution in [0.25, 0.3) is 0 Å². The van der Waals surface area contributed by atoms with Crippen LogP contribution < -0.4 is 15.5 Å². The van der Waals surface area contributed by atoms with E-state index in [0.29, 0.717) is 10.1 Å². The molecule has 2 aromatic rings. The highest BCUT2D eigenvalue weighted by atomic mass is 79.9. The van der Waals surface area contributed by atoms with E-state index in [2.05, 4.69) is 62.7 Å². The Kier molecular flexibility index (Phi) is 6.75. The number of nitrogens with one attached hydrogen (secondary N) is 2. The molecule has 0 aromatic heterocycles. The average Bonchev–Trinajstić information content (AvgIpc) is 2.65. The number of morpholine rings is 1. The van der Waals surface area contributed by atoms with Gasteiger partial charge in [-0.05, 0) is 71.0 Å². The molecule has 1 aliphatic heterocycles. The molecule has 0 spiro atoms. The van der Waals surface area contributed by atoms with Crippen LogP contribution in [0, 0.1) is 0 Å². The van der Waals surface area contributed by atoms with Crippen LogP contribution in [0.5, 0.6) is 0 Å². The van der Waals surface area contributed by atoms with Gasteiger partial charge >= 0.3 is 0 Å². The van der Waals surface area contributed by atoms with Crippen molar-refractivity contribution < 1.29 is 4.74 Å². The van der Waals surface area contributed by atoms with E-state index in [9.17, 15) is 0 Å². The van der Waals surface area contributed by atoms with E-state index in [-0.39, 0.29) is 6.04 Å². The zero-order valence-electron chi connectivity index (χ0n) is 14.5. The average molecular weight is 455 g/mol. The second kappa shape index (κ2) is 9.04. The predicted octanol–water partition coefficient (Wildman–Crippen LogP) is 4.99. The van der Waals surface area contributed by atoms with Crippen LogP contribution >= 0.6 is 39.7 Å². The van der Waals surface area contributed by atoms with Crippen molar-refractivity contribution in [2.45, 2.75) is 13.0 Å². The summed E-state index contributed by atoms with van der Waals surface area (Å²) in [5, 5.41) is 7.68. The fourth-order valence-electron chi connectivity index (χ4n) is 2.82. The molecular formula is C19H21BrClN3OS. The highest BCUT2D eigenvalue weighted by molar-refractivity contribution is 9.10. The van der Waals surface area contributed by atoms with Gasteiger partial charge < -0.3 is 20.3 Å². The van der Waals surface area contributed by atoms with Gasteiger partial charge in [-0.1, -0.05) is 23.7 Å². The van der Waals surface area contributed by atoms with Gasteiger partial charge in [0.15, 0.2) is 5.11 Å². The summed E-state index contributed by atoms with van der Waals surface area (Å²) in [5.41, 5.74) is 3.26. The summed E-state index contributed by atoms with van der Waals surface area (Å²) < 4.78 is 6.26. The van der Waals surface area contributed by atoms with Crippen molar-refractivity contribution in [2.24, 2.45) is 0 Å². The highest BCUT2D eigenvalue weighted by Crippen LogP contribution is 2.25. The first-order valence-corrected chi connectivity index (χ1v) is 10.1. The van der Waals surface area contributed by atoms with Crippen molar-refractivity contribution in [3.05, 3.63) is 57.5 Å². The molecule has 26 heavy (non-hydrogen) atoms. The molecule has 4 nitrogen and oxygen atoms in total. The van der Waals surface area contributed by atoms with Crippen LogP contribution in [-0.4, -0.2) is 31.4 Å². The van der Waals surface area contributed by atoms with E-state index in [1.807, 2.05) is 18.2 Å². The van der Waals surface area contributed by atoms with E-state index in [1.54, 1.807) is 0 Å². The van der Waals surface area contributed by atoms with Gasteiger partial charge in [0.05, 0.1) is 24.3 Å². The maximum atomic E-state index is 6.12. The third-order valence-electron chi connectivity index (χ3n) is 4.29. The van der Waals surface area contributed by atoms with Gasteiger partial charge in [0.2, 0.25) is 0 Å². The van der Waals surface area contributed by atoms with Crippen molar-refractivity contribution >= 4 is 56.2 Å². The Balaban J connectivity index is 1.57. The Labute approximate surface area is 173 Å². The minimum atomic E-state index is 0.0969. The van der Waals surface area contributed by atoms with Crippen LogP contribution in [0.2, 0.25) is 5.02 Å². The Morgan fingerprint density at radius 3 is 2.54 bits per heavy atom. The Morgan fingerprint density at radius 1 is 1.19 bits per heavy atom. The minimum Gasteiger partial charge on any atom is -0.378 e. The van der Waals surface area contributed by atoms with Crippen LogP contribution in [-0.2, 0) is 4.74 Å². The van der Waals surface area contributed by atoms with Crippen LogP contribution in [0.4, 0.5) is 11.4 Å². The molecule has 138 valence electrons. The number of ether oxygens (including phenoxy) is 1. The molecule has 2 N–H and O–H groups in total. The third kappa shape index (κ3) is 5.10. The number of hydrogen-bond donors (Lipinski definition) is 2. The Hall–Kier alpha value is -1.34. The summed E-state index contributed by atoms with van der Waals surface area (Å²) in [6, 6.07) is 14.3. The SMILES string of the molecule is C[C@@H](NC(=S)Nc1ccc(Br)c(Cl)c1)c1ccc(N2CCOCC2)cc1. The first-order chi connectivity index (χ1) is 12.5. The normalized spacial score (nSPS) is 15.4. The zero-order valence-corrected chi connectivity index (χ0v) is 17.6. The maximum absolute atomic E-state index is 6.12. The third-order valence-corrected chi connectivity index (χ3v) is 5.75. The van der Waals surface area contributed by atoms with E-state index < -0.39 is 0 Å². The first-order valence-electron chi connectivity index (χ1n) is 8.48. The van der Waals surface area contributed by atoms with Gasteiger partial charge in [0, 0.05) is 28.9 Å². The number of thiocarbonyl (C=S) groups is 1. The summed E-state index contributed by atoms with van der Waals surface area (Å²) >= 11 is 14.9. The molecule has 1 atom stereocenters. The predicted molar refractivity (Wildman–Crippen MR) is 116 cm³/mol. The van der Waals surface area contributed by atoms with Gasteiger partial charge in [-0.2, -0.15) is 0 Å². The summed E-state index contributed by atoms with van der Waals surface area (Å²) in [7, 11) is 0. The number of hydrogen-bond acceptors (Lipinski definition) is 3. The topological polar surface area (TPSA) is 36.5 Å². The largest absolute Gasteiger partial charge is 0.378 e. The molecule has 0 bridgehead atoms. The minimum absolute atomic E-state index is 0.0969. The number of halogens is 2. The van der Waals surface area contributed by atoms with Gasteiger partial charge in [-0.15, -0.1) is 0 Å². The van der Waals surface area contributed by atoms with E-state index >= 15 is 0 Å². The van der Waals surface area contributed by atoms with Crippen molar-refractivity contribution in [3.8, 4) is 0 Å².